The van der Waals surface area contributed by atoms with Crippen LogP contribution in [-0.4, -0.2) is 127 Å². The van der Waals surface area contributed by atoms with Crippen molar-refractivity contribution in [3.8, 4) is 6.07 Å². The van der Waals surface area contributed by atoms with Gasteiger partial charge in [0.2, 0.25) is 11.8 Å². The number of pyridine rings is 1. The Morgan fingerprint density at radius 3 is 2.08 bits per heavy atom. The molecule has 3 aromatic rings. The summed E-state index contributed by atoms with van der Waals surface area (Å²) >= 11 is 0. The first-order valence-corrected chi connectivity index (χ1v) is 21.5. The van der Waals surface area contributed by atoms with Crippen LogP contribution in [0.25, 0.3) is 0 Å². The van der Waals surface area contributed by atoms with E-state index in [0.717, 1.165) is 100 Å². The van der Waals surface area contributed by atoms with E-state index < -0.39 is 47.1 Å². The third kappa shape index (κ3) is 7.96. The normalized spacial score (nSPS) is 22.4. The summed E-state index contributed by atoms with van der Waals surface area (Å²) in [5.41, 5.74) is 1.92. The number of imide groups is 2. The second-order valence-corrected chi connectivity index (χ2v) is 17.6. The van der Waals surface area contributed by atoms with E-state index in [9.17, 15) is 37.1 Å². The Balaban J connectivity index is 0.714. The van der Waals surface area contributed by atoms with Crippen LogP contribution in [0.5, 0.6) is 0 Å². The molecule has 9 rings (SSSR count). The van der Waals surface area contributed by atoms with E-state index in [2.05, 4.69) is 25.0 Å². The van der Waals surface area contributed by atoms with Gasteiger partial charge < -0.3 is 19.6 Å². The van der Waals surface area contributed by atoms with Gasteiger partial charge in [-0.15, -0.1) is 0 Å². The lowest BCUT2D eigenvalue weighted by atomic mass is 9.77. The summed E-state index contributed by atoms with van der Waals surface area (Å²) in [6.45, 7) is 8.37. The number of alkyl halides is 3. The standard InChI is InChI=1S/C45H48F3N9O5/c46-45(47,48)36-24-33(26-50-37(36)25-49)56-18-13-44(28-56)11-16-54(17-12-44)31-3-1-30(2-4-31)41(60)55-21-19-52(20-22-55)27-29-9-14-53(15-10-29)32-5-6-34-35(23-32)43(62)57(42(34)61)38-7-8-39(58)51-40(38)59/h1-6,23-24,26,29,38H,7-22,27-28H2,(H,51,58,59). The maximum Gasteiger partial charge on any atom is 0.419 e. The highest BCUT2D eigenvalue weighted by atomic mass is 19.4. The number of hydrogen-bond donors (Lipinski definition) is 1. The Morgan fingerprint density at radius 1 is 0.774 bits per heavy atom. The highest BCUT2D eigenvalue weighted by Crippen LogP contribution is 2.44. The number of fused-ring (bicyclic) bond motifs is 1. The lowest BCUT2D eigenvalue weighted by molar-refractivity contribution is -0.138. The molecule has 5 fully saturated rings. The van der Waals surface area contributed by atoms with Crippen LogP contribution in [0.1, 0.15) is 87.3 Å². The first-order chi connectivity index (χ1) is 29.8. The molecule has 324 valence electrons. The summed E-state index contributed by atoms with van der Waals surface area (Å²) in [5, 5.41) is 11.4. The van der Waals surface area contributed by atoms with Gasteiger partial charge in [-0.1, -0.05) is 0 Å². The van der Waals surface area contributed by atoms with Crippen molar-refractivity contribution in [1.29, 1.82) is 5.26 Å². The Kier molecular flexibility index (Phi) is 10.9. The highest BCUT2D eigenvalue weighted by Gasteiger charge is 2.45. The van der Waals surface area contributed by atoms with Gasteiger partial charge in [0.1, 0.15) is 12.1 Å². The van der Waals surface area contributed by atoms with E-state index in [4.69, 9.17) is 5.26 Å². The van der Waals surface area contributed by atoms with Crippen molar-refractivity contribution in [3.05, 3.63) is 82.7 Å². The van der Waals surface area contributed by atoms with Crippen molar-refractivity contribution >= 4 is 46.6 Å². The third-order valence-electron chi connectivity index (χ3n) is 14.0. The molecule has 5 amide bonds. The molecule has 14 nitrogen and oxygen atoms in total. The minimum Gasteiger partial charge on any atom is -0.371 e. The second-order valence-electron chi connectivity index (χ2n) is 17.6. The summed E-state index contributed by atoms with van der Waals surface area (Å²) in [7, 11) is 0. The molecular weight excluding hydrogens is 804 g/mol. The van der Waals surface area contributed by atoms with E-state index in [1.807, 2.05) is 40.1 Å². The van der Waals surface area contributed by atoms with Crippen molar-refractivity contribution in [2.24, 2.45) is 11.3 Å². The van der Waals surface area contributed by atoms with E-state index in [1.54, 1.807) is 18.2 Å². The summed E-state index contributed by atoms with van der Waals surface area (Å²) < 4.78 is 40.7. The molecule has 6 aliphatic heterocycles. The zero-order chi connectivity index (χ0) is 43.3. The minimum atomic E-state index is -4.65. The van der Waals surface area contributed by atoms with E-state index >= 15 is 0 Å². The molecule has 7 heterocycles. The molecule has 62 heavy (non-hydrogen) atoms. The monoisotopic (exact) mass is 851 g/mol. The van der Waals surface area contributed by atoms with Crippen molar-refractivity contribution in [3.63, 3.8) is 0 Å². The summed E-state index contributed by atoms with van der Waals surface area (Å²) in [5.74, 6) is -1.53. The molecule has 1 unspecified atom stereocenters. The predicted molar refractivity (Wildman–Crippen MR) is 222 cm³/mol. The van der Waals surface area contributed by atoms with Crippen LogP contribution in [0.4, 0.5) is 30.2 Å². The zero-order valence-electron chi connectivity index (χ0n) is 34.3. The maximum absolute atomic E-state index is 13.6. The van der Waals surface area contributed by atoms with Crippen LogP contribution < -0.4 is 20.0 Å². The van der Waals surface area contributed by atoms with Gasteiger partial charge in [-0.3, -0.25) is 39.1 Å². The van der Waals surface area contributed by atoms with Crippen LogP contribution in [0, 0.1) is 22.7 Å². The fourth-order valence-corrected chi connectivity index (χ4v) is 10.3. The number of benzene rings is 2. The highest BCUT2D eigenvalue weighted by molar-refractivity contribution is 6.23. The number of halogens is 3. The molecular formula is C45H48F3N9O5. The number of hydrogen-bond acceptors (Lipinski definition) is 11. The Hall–Kier alpha value is -6.02. The molecule has 1 N–H and O–H groups in total. The molecule has 17 heteroatoms. The van der Waals surface area contributed by atoms with Gasteiger partial charge >= 0.3 is 6.18 Å². The quantitative estimate of drug-likeness (QED) is 0.334. The zero-order valence-corrected chi connectivity index (χ0v) is 34.3. The molecule has 0 radical (unpaired) electrons. The van der Waals surface area contributed by atoms with Gasteiger partial charge in [0, 0.05) is 95.4 Å². The Morgan fingerprint density at radius 2 is 1.42 bits per heavy atom. The summed E-state index contributed by atoms with van der Waals surface area (Å²) in [4.78, 5) is 79.7. The predicted octanol–water partition coefficient (Wildman–Crippen LogP) is 4.54. The molecule has 0 bridgehead atoms. The lowest BCUT2D eigenvalue weighted by Crippen LogP contribution is -2.54. The number of rotatable bonds is 7. The van der Waals surface area contributed by atoms with Gasteiger partial charge in [0.25, 0.3) is 17.7 Å². The molecule has 1 spiro atoms. The average molecular weight is 852 g/mol. The number of piperazine rings is 1. The van der Waals surface area contributed by atoms with E-state index in [0.29, 0.717) is 43.3 Å². The number of piperidine rings is 3. The molecule has 0 aliphatic carbocycles. The Bertz CT molecular complexity index is 2330. The van der Waals surface area contributed by atoms with Gasteiger partial charge in [-0.05, 0) is 98.4 Å². The minimum absolute atomic E-state index is 0.000309. The van der Waals surface area contributed by atoms with Crippen LogP contribution in [0.2, 0.25) is 0 Å². The summed E-state index contributed by atoms with van der Waals surface area (Å²) in [6.07, 6.45) is 1.54. The lowest BCUT2D eigenvalue weighted by Gasteiger charge is -2.40. The maximum atomic E-state index is 13.6. The molecule has 6 aliphatic rings. The fraction of sp³-hybridized carbons (Fsp3) is 0.489. The third-order valence-corrected chi connectivity index (χ3v) is 14.0. The fourth-order valence-electron chi connectivity index (χ4n) is 10.3. The van der Waals surface area contributed by atoms with Crippen molar-refractivity contribution in [2.75, 3.05) is 86.7 Å². The number of amides is 5. The topological polar surface area (TPSA) is 154 Å². The number of carbonyl (C=O) groups excluding carboxylic acids is 5. The van der Waals surface area contributed by atoms with Gasteiger partial charge in [-0.2, -0.15) is 18.4 Å². The average Bonchev–Trinajstić information content (AvgIpc) is 3.80. The number of nitriles is 1. The van der Waals surface area contributed by atoms with Crippen LogP contribution in [0.3, 0.4) is 0 Å². The Labute approximate surface area is 357 Å². The molecule has 5 saturated heterocycles. The van der Waals surface area contributed by atoms with Crippen LogP contribution >= 0.6 is 0 Å². The number of aromatic nitrogens is 1. The molecule has 0 saturated carbocycles. The largest absolute Gasteiger partial charge is 0.419 e. The van der Waals surface area contributed by atoms with Crippen molar-refractivity contribution < 1.29 is 37.1 Å². The number of carbonyl (C=O) groups is 5. The van der Waals surface area contributed by atoms with Gasteiger partial charge in [0.05, 0.1) is 28.6 Å². The van der Waals surface area contributed by atoms with Gasteiger partial charge in [0.15, 0.2) is 5.69 Å². The SMILES string of the molecule is N#Cc1ncc(N2CCC3(CCN(c4ccc(C(=O)N5CCN(CC6CCN(c7ccc8c(c7)C(=O)N(C7CCC(=O)NC7=O)C8=O)CC6)CC5)cc4)CC3)C2)cc1C(F)(F)F. The van der Waals surface area contributed by atoms with Crippen molar-refractivity contribution in [2.45, 2.75) is 57.2 Å². The molecule has 2 aromatic carbocycles. The van der Waals surface area contributed by atoms with E-state index in [1.165, 1.54) is 6.20 Å². The molecule has 1 aromatic heterocycles. The second kappa shape index (κ2) is 16.4. The first kappa shape index (κ1) is 41.3. The number of anilines is 3. The van der Waals surface area contributed by atoms with Crippen LogP contribution in [0.15, 0.2) is 54.7 Å². The first-order valence-electron chi connectivity index (χ1n) is 21.5. The van der Waals surface area contributed by atoms with Gasteiger partial charge in [-0.25, -0.2) is 4.98 Å². The summed E-state index contributed by atoms with van der Waals surface area (Å²) in [6, 6.07) is 14.7. The van der Waals surface area contributed by atoms with Crippen molar-refractivity contribution in [1.82, 2.24) is 25.0 Å². The number of nitrogens with one attached hydrogen (secondary N) is 1. The van der Waals surface area contributed by atoms with E-state index in [-0.39, 0.29) is 35.3 Å². The number of nitrogens with zero attached hydrogens (tertiary/aromatic N) is 8. The van der Waals surface area contributed by atoms with Crippen LogP contribution in [-0.2, 0) is 15.8 Å². The molecule has 1 atom stereocenters. The smallest absolute Gasteiger partial charge is 0.371 e.